The summed E-state index contributed by atoms with van der Waals surface area (Å²) in [7, 11) is 5.74. The average molecular weight is 236 g/mol. The molecule has 17 heavy (non-hydrogen) atoms. The number of ether oxygens (including phenoxy) is 1. The number of likely N-dealkylation sites (N-methyl/N-ethyl adjacent to an activating group) is 1. The van der Waals surface area contributed by atoms with Crippen LogP contribution in [0.5, 0.6) is 5.75 Å². The number of rotatable bonds is 5. The standard InChI is InChI=1S/C14H24N2O/c1-10(2)11-6-7-14(17-5)12(8-11)13(15)9-16(3)4/h6-8,10,13H,9,15H2,1-5H3. The minimum Gasteiger partial charge on any atom is -0.496 e. The second kappa shape index (κ2) is 6.03. The van der Waals surface area contributed by atoms with Crippen molar-refractivity contribution in [2.45, 2.75) is 25.8 Å². The minimum atomic E-state index is -0.0151. The Kier molecular flexibility index (Phi) is 4.97. The lowest BCUT2D eigenvalue weighted by Crippen LogP contribution is -2.26. The van der Waals surface area contributed by atoms with E-state index in [1.807, 2.05) is 20.2 Å². The lowest BCUT2D eigenvalue weighted by atomic mass is 9.97. The number of nitrogens with zero attached hydrogens (tertiary/aromatic N) is 1. The van der Waals surface area contributed by atoms with Gasteiger partial charge in [0.2, 0.25) is 0 Å². The van der Waals surface area contributed by atoms with Gasteiger partial charge in [-0.15, -0.1) is 0 Å². The molecule has 1 rings (SSSR count). The fourth-order valence-corrected chi connectivity index (χ4v) is 1.89. The third kappa shape index (κ3) is 3.72. The summed E-state index contributed by atoms with van der Waals surface area (Å²) in [5.74, 6) is 1.38. The van der Waals surface area contributed by atoms with Crippen LogP contribution < -0.4 is 10.5 Å². The maximum atomic E-state index is 6.22. The van der Waals surface area contributed by atoms with Crippen molar-refractivity contribution >= 4 is 0 Å². The Hall–Kier alpha value is -1.06. The Morgan fingerprint density at radius 2 is 1.94 bits per heavy atom. The molecule has 0 aliphatic carbocycles. The van der Waals surface area contributed by atoms with Crippen LogP contribution >= 0.6 is 0 Å². The van der Waals surface area contributed by atoms with E-state index in [1.54, 1.807) is 7.11 Å². The number of nitrogens with two attached hydrogens (primary N) is 1. The van der Waals surface area contributed by atoms with E-state index in [-0.39, 0.29) is 6.04 Å². The molecule has 3 heteroatoms. The zero-order valence-corrected chi connectivity index (χ0v) is 11.5. The van der Waals surface area contributed by atoms with Crippen LogP contribution in [0, 0.1) is 0 Å². The van der Waals surface area contributed by atoms with Crippen molar-refractivity contribution < 1.29 is 4.74 Å². The Labute approximate surface area is 105 Å². The molecular formula is C14H24N2O. The van der Waals surface area contributed by atoms with E-state index < -0.39 is 0 Å². The van der Waals surface area contributed by atoms with Gasteiger partial charge in [-0.2, -0.15) is 0 Å². The quantitative estimate of drug-likeness (QED) is 0.853. The largest absolute Gasteiger partial charge is 0.496 e. The van der Waals surface area contributed by atoms with E-state index in [2.05, 4.69) is 30.9 Å². The molecule has 0 saturated heterocycles. The highest BCUT2D eigenvalue weighted by atomic mass is 16.5. The van der Waals surface area contributed by atoms with Crippen molar-refractivity contribution in [1.82, 2.24) is 4.90 Å². The first kappa shape index (κ1) is 14.0. The van der Waals surface area contributed by atoms with Gasteiger partial charge in [-0.1, -0.05) is 26.0 Å². The minimum absolute atomic E-state index is 0.0151. The fraction of sp³-hybridized carbons (Fsp3) is 0.571. The van der Waals surface area contributed by atoms with Crippen LogP contribution in [0.2, 0.25) is 0 Å². The van der Waals surface area contributed by atoms with Gasteiger partial charge < -0.3 is 15.4 Å². The van der Waals surface area contributed by atoms with Crippen LogP contribution in [0.1, 0.15) is 36.9 Å². The van der Waals surface area contributed by atoms with Gasteiger partial charge in [0.25, 0.3) is 0 Å². The van der Waals surface area contributed by atoms with Crippen molar-refractivity contribution in [1.29, 1.82) is 0 Å². The molecule has 0 saturated carbocycles. The molecule has 1 aromatic rings. The Morgan fingerprint density at radius 1 is 1.29 bits per heavy atom. The van der Waals surface area contributed by atoms with Crippen LogP contribution in [-0.2, 0) is 0 Å². The van der Waals surface area contributed by atoms with Gasteiger partial charge in [-0.05, 0) is 31.6 Å². The van der Waals surface area contributed by atoms with E-state index in [9.17, 15) is 0 Å². The Bertz CT molecular complexity index is 361. The molecule has 0 amide bonds. The summed E-state index contributed by atoms with van der Waals surface area (Å²) in [4.78, 5) is 2.09. The van der Waals surface area contributed by atoms with E-state index in [0.717, 1.165) is 17.9 Å². The Balaban J connectivity index is 3.05. The lowest BCUT2D eigenvalue weighted by Gasteiger charge is -2.21. The van der Waals surface area contributed by atoms with Crippen molar-refractivity contribution in [3.63, 3.8) is 0 Å². The van der Waals surface area contributed by atoms with Gasteiger partial charge in [0.05, 0.1) is 7.11 Å². The van der Waals surface area contributed by atoms with E-state index >= 15 is 0 Å². The van der Waals surface area contributed by atoms with Crippen LogP contribution in [0.25, 0.3) is 0 Å². The summed E-state index contributed by atoms with van der Waals surface area (Å²) in [6.45, 7) is 5.18. The summed E-state index contributed by atoms with van der Waals surface area (Å²) in [5.41, 5.74) is 8.61. The van der Waals surface area contributed by atoms with Gasteiger partial charge >= 0.3 is 0 Å². The van der Waals surface area contributed by atoms with Gasteiger partial charge in [0.15, 0.2) is 0 Å². The molecule has 2 N–H and O–H groups in total. The molecule has 3 nitrogen and oxygen atoms in total. The first-order valence-corrected chi connectivity index (χ1v) is 6.03. The molecule has 0 aromatic heterocycles. The molecule has 0 fully saturated rings. The maximum Gasteiger partial charge on any atom is 0.123 e. The van der Waals surface area contributed by atoms with Crippen molar-refractivity contribution in [3.8, 4) is 5.75 Å². The molecule has 0 bridgehead atoms. The van der Waals surface area contributed by atoms with Crippen molar-refractivity contribution in [2.24, 2.45) is 5.73 Å². The number of methoxy groups -OCH3 is 1. The highest BCUT2D eigenvalue weighted by Gasteiger charge is 2.14. The zero-order valence-electron chi connectivity index (χ0n) is 11.5. The van der Waals surface area contributed by atoms with Gasteiger partial charge in [-0.3, -0.25) is 0 Å². The van der Waals surface area contributed by atoms with Gasteiger partial charge in [0.1, 0.15) is 5.75 Å². The fourth-order valence-electron chi connectivity index (χ4n) is 1.89. The second-order valence-corrected chi connectivity index (χ2v) is 5.02. The van der Waals surface area contributed by atoms with Crippen molar-refractivity contribution in [2.75, 3.05) is 27.7 Å². The van der Waals surface area contributed by atoms with Crippen LogP contribution in [0.3, 0.4) is 0 Å². The molecule has 0 radical (unpaired) electrons. The molecule has 1 atom stereocenters. The molecule has 1 unspecified atom stereocenters. The molecule has 1 aromatic carbocycles. The summed E-state index contributed by atoms with van der Waals surface area (Å²) >= 11 is 0. The molecule has 0 spiro atoms. The maximum absolute atomic E-state index is 6.22. The summed E-state index contributed by atoms with van der Waals surface area (Å²) in [5, 5.41) is 0. The first-order valence-electron chi connectivity index (χ1n) is 6.03. The molecule has 0 aliphatic heterocycles. The van der Waals surface area contributed by atoms with Gasteiger partial charge in [0, 0.05) is 18.2 Å². The summed E-state index contributed by atoms with van der Waals surface area (Å²) < 4.78 is 5.38. The smallest absolute Gasteiger partial charge is 0.123 e. The molecular weight excluding hydrogens is 212 g/mol. The normalized spacial score (nSPS) is 13.2. The Morgan fingerprint density at radius 3 is 2.41 bits per heavy atom. The number of hydrogen-bond acceptors (Lipinski definition) is 3. The van der Waals surface area contributed by atoms with E-state index in [4.69, 9.17) is 10.5 Å². The van der Waals surface area contributed by atoms with Crippen LogP contribution in [0.4, 0.5) is 0 Å². The number of hydrogen-bond donors (Lipinski definition) is 1. The predicted octanol–water partition coefficient (Wildman–Crippen LogP) is 2.38. The zero-order chi connectivity index (χ0) is 13.0. The highest BCUT2D eigenvalue weighted by Crippen LogP contribution is 2.28. The second-order valence-electron chi connectivity index (χ2n) is 5.02. The van der Waals surface area contributed by atoms with Crippen LogP contribution in [0.15, 0.2) is 18.2 Å². The first-order chi connectivity index (χ1) is 7.95. The van der Waals surface area contributed by atoms with Gasteiger partial charge in [-0.25, -0.2) is 0 Å². The van der Waals surface area contributed by atoms with E-state index in [0.29, 0.717) is 5.92 Å². The van der Waals surface area contributed by atoms with Crippen LogP contribution in [-0.4, -0.2) is 32.6 Å². The average Bonchev–Trinajstić information content (AvgIpc) is 2.27. The SMILES string of the molecule is COc1ccc(C(C)C)cc1C(N)CN(C)C. The van der Waals surface area contributed by atoms with Crippen molar-refractivity contribution in [3.05, 3.63) is 29.3 Å². The number of benzene rings is 1. The highest BCUT2D eigenvalue weighted by molar-refractivity contribution is 5.40. The summed E-state index contributed by atoms with van der Waals surface area (Å²) in [6, 6.07) is 6.27. The lowest BCUT2D eigenvalue weighted by molar-refractivity contribution is 0.362. The molecule has 0 heterocycles. The topological polar surface area (TPSA) is 38.5 Å². The molecule has 0 aliphatic rings. The predicted molar refractivity (Wildman–Crippen MR) is 72.6 cm³/mol. The molecule has 96 valence electrons. The summed E-state index contributed by atoms with van der Waals surface area (Å²) in [6.07, 6.45) is 0. The third-order valence-corrected chi connectivity index (χ3v) is 2.88. The van der Waals surface area contributed by atoms with E-state index in [1.165, 1.54) is 5.56 Å². The third-order valence-electron chi connectivity index (χ3n) is 2.88. The monoisotopic (exact) mass is 236 g/mol.